The summed E-state index contributed by atoms with van der Waals surface area (Å²) in [4.78, 5) is 4.77. The van der Waals surface area contributed by atoms with E-state index in [-0.39, 0.29) is 5.92 Å². The number of nitrogens with two attached hydrogens (primary N) is 1. The number of hydrogen-bond donors (Lipinski definition) is 1. The first-order valence-corrected chi connectivity index (χ1v) is 10.1. The summed E-state index contributed by atoms with van der Waals surface area (Å²) < 4.78 is 27.4. The quantitative estimate of drug-likeness (QED) is 0.918. The second-order valence-electron chi connectivity index (χ2n) is 5.93. The zero-order chi connectivity index (χ0) is 16.4. The Kier molecular flexibility index (Phi) is 4.82. The molecule has 2 N–H and O–H groups in total. The average Bonchev–Trinajstić information content (AvgIpc) is 3.01. The van der Waals surface area contributed by atoms with Crippen molar-refractivity contribution < 1.29 is 8.42 Å². The van der Waals surface area contributed by atoms with Crippen molar-refractivity contribution in [1.29, 1.82) is 0 Å². The minimum atomic E-state index is -3.47. The van der Waals surface area contributed by atoms with Crippen LogP contribution in [0.5, 0.6) is 0 Å². The van der Waals surface area contributed by atoms with E-state index < -0.39 is 10.0 Å². The summed E-state index contributed by atoms with van der Waals surface area (Å²) in [7, 11) is -3.47. The first-order chi connectivity index (χ1) is 11.0. The highest BCUT2D eigenvalue weighted by atomic mass is 32.2. The fourth-order valence-electron chi connectivity index (χ4n) is 2.86. The van der Waals surface area contributed by atoms with Crippen LogP contribution in [0.25, 0.3) is 10.6 Å². The Morgan fingerprint density at radius 3 is 2.96 bits per heavy atom. The Labute approximate surface area is 141 Å². The number of sulfonamides is 1. The average molecular weight is 351 g/mol. The highest BCUT2D eigenvalue weighted by Crippen LogP contribution is 2.28. The van der Waals surface area contributed by atoms with Crippen LogP contribution in [-0.4, -0.2) is 37.3 Å². The van der Waals surface area contributed by atoms with Crippen LogP contribution in [-0.2, 0) is 10.0 Å². The van der Waals surface area contributed by atoms with Crippen molar-refractivity contribution in [3.8, 4) is 10.6 Å². The molecule has 2 aromatic rings. The maximum Gasteiger partial charge on any atom is 0.243 e. The summed E-state index contributed by atoms with van der Waals surface area (Å²) in [6.45, 7) is 3.55. The third-order valence-corrected chi connectivity index (χ3v) is 7.02. The van der Waals surface area contributed by atoms with E-state index in [1.54, 1.807) is 22.5 Å². The smallest absolute Gasteiger partial charge is 0.243 e. The maximum atomic E-state index is 12.9. The van der Waals surface area contributed by atoms with Gasteiger partial charge >= 0.3 is 0 Å². The Morgan fingerprint density at radius 2 is 2.26 bits per heavy atom. The third kappa shape index (κ3) is 3.47. The van der Waals surface area contributed by atoms with E-state index in [9.17, 15) is 8.42 Å². The normalized spacial score (nSPS) is 19.8. The number of piperidine rings is 1. The molecule has 0 amide bonds. The molecule has 1 fully saturated rings. The van der Waals surface area contributed by atoms with Gasteiger partial charge in [-0.2, -0.15) is 4.31 Å². The van der Waals surface area contributed by atoms with Gasteiger partial charge in [-0.15, -0.1) is 11.3 Å². The first kappa shape index (κ1) is 16.6. The molecule has 1 aliphatic heterocycles. The molecule has 0 saturated carbocycles. The third-order valence-electron chi connectivity index (χ3n) is 4.15. The van der Waals surface area contributed by atoms with E-state index >= 15 is 0 Å². The summed E-state index contributed by atoms with van der Waals surface area (Å²) in [5, 5.41) is 2.81. The van der Waals surface area contributed by atoms with E-state index in [1.165, 1.54) is 11.3 Å². The van der Waals surface area contributed by atoms with Crippen molar-refractivity contribution in [2.24, 2.45) is 11.7 Å². The van der Waals surface area contributed by atoms with E-state index in [0.717, 1.165) is 29.1 Å². The molecule has 1 saturated heterocycles. The lowest BCUT2D eigenvalue weighted by atomic mass is 10.0. The summed E-state index contributed by atoms with van der Waals surface area (Å²) in [6, 6.07) is 7.06. The van der Waals surface area contributed by atoms with Crippen molar-refractivity contribution in [2.45, 2.75) is 24.7 Å². The molecule has 0 bridgehead atoms. The van der Waals surface area contributed by atoms with Crippen molar-refractivity contribution in [3.63, 3.8) is 0 Å². The van der Waals surface area contributed by atoms with Crippen molar-refractivity contribution in [2.75, 3.05) is 19.6 Å². The molecule has 23 heavy (non-hydrogen) atoms. The van der Waals surface area contributed by atoms with Gasteiger partial charge in [0.2, 0.25) is 10.0 Å². The Hall–Kier alpha value is -1.28. The highest BCUT2D eigenvalue weighted by molar-refractivity contribution is 7.89. The van der Waals surface area contributed by atoms with Gasteiger partial charge < -0.3 is 5.73 Å². The molecule has 1 aliphatic rings. The highest BCUT2D eigenvalue weighted by Gasteiger charge is 2.29. The van der Waals surface area contributed by atoms with E-state index in [0.29, 0.717) is 24.5 Å². The molecule has 0 aliphatic carbocycles. The molecule has 1 unspecified atom stereocenters. The molecule has 1 aromatic carbocycles. The second kappa shape index (κ2) is 6.68. The molecule has 3 rings (SSSR count). The van der Waals surface area contributed by atoms with Crippen molar-refractivity contribution >= 4 is 21.4 Å². The van der Waals surface area contributed by atoms with Gasteiger partial charge in [0.05, 0.1) is 4.90 Å². The summed E-state index contributed by atoms with van der Waals surface area (Å²) >= 11 is 1.53. The van der Waals surface area contributed by atoms with Gasteiger partial charge in [-0.25, -0.2) is 13.4 Å². The lowest BCUT2D eigenvalue weighted by Gasteiger charge is -2.31. The maximum absolute atomic E-state index is 12.9. The Morgan fingerprint density at radius 1 is 1.43 bits per heavy atom. The molecule has 2 heterocycles. The van der Waals surface area contributed by atoms with Gasteiger partial charge in [0.15, 0.2) is 0 Å². The zero-order valence-electron chi connectivity index (χ0n) is 13.1. The fraction of sp³-hybridized carbons (Fsp3) is 0.438. The molecule has 1 aromatic heterocycles. The summed E-state index contributed by atoms with van der Waals surface area (Å²) in [6.07, 6.45) is 1.87. The van der Waals surface area contributed by atoms with E-state index in [2.05, 4.69) is 4.98 Å². The molecule has 1 atom stereocenters. The van der Waals surface area contributed by atoms with E-state index in [4.69, 9.17) is 5.73 Å². The van der Waals surface area contributed by atoms with Crippen LogP contribution < -0.4 is 5.73 Å². The second-order valence-corrected chi connectivity index (χ2v) is 8.72. The van der Waals surface area contributed by atoms with Crippen LogP contribution in [0.15, 0.2) is 34.5 Å². The minimum absolute atomic E-state index is 0.253. The summed E-state index contributed by atoms with van der Waals surface area (Å²) in [5.74, 6) is 0.253. The number of aromatic nitrogens is 1. The van der Waals surface area contributed by atoms with Crippen LogP contribution in [0.3, 0.4) is 0 Å². The number of aryl methyl sites for hydroxylation is 1. The molecular weight excluding hydrogens is 330 g/mol. The molecule has 5 nitrogen and oxygen atoms in total. The van der Waals surface area contributed by atoms with Gasteiger partial charge in [-0.1, -0.05) is 12.1 Å². The summed E-state index contributed by atoms with van der Waals surface area (Å²) in [5.41, 5.74) is 7.51. The lowest BCUT2D eigenvalue weighted by molar-refractivity contribution is 0.271. The number of benzene rings is 1. The van der Waals surface area contributed by atoms with Crippen molar-refractivity contribution in [3.05, 3.63) is 35.3 Å². The van der Waals surface area contributed by atoms with Gasteiger partial charge in [-0.3, -0.25) is 0 Å². The van der Waals surface area contributed by atoms with Gasteiger partial charge in [0.1, 0.15) is 5.01 Å². The topological polar surface area (TPSA) is 76.3 Å². The van der Waals surface area contributed by atoms with Crippen molar-refractivity contribution in [1.82, 2.24) is 9.29 Å². The largest absolute Gasteiger partial charge is 0.330 e. The predicted octanol–water partition coefficient (Wildman–Crippen LogP) is 2.48. The van der Waals surface area contributed by atoms with Crippen LogP contribution in [0, 0.1) is 12.8 Å². The molecule has 124 valence electrons. The molecular formula is C16H21N3O2S2. The number of hydrogen-bond acceptors (Lipinski definition) is 5. The minimum Gasteiger partial charge on any atom is -0.330 e. The lowest BCUT2D eigenvalue weighted by Crippen LogP contribution is -2.41. The number of nitrogens with zero attached hydrogens (tertiary/aromatic N) is 2. The standard InChI is InChI=1S/C16H21N3O2S2/c1-12-11-22-16(18-12)14-5-2-6-15(8-14)23(20,21)19-7-3-4-13(9-17)10-19/h2,5-6,8,11,13H,3-4,7,9-10,17H2,1H3. The zero-order valence-corrected chi connectivity index (χ0v) is 14.7. The van der Waals surface area contributed by atoms with Crippen LogP contribution >= 0.6 is 11.3 Å². The van der Waals surface area contributed by atoms with Gasteiger partial charge in [0, 0.05) is 29.7 Å². The fourth-order valence-corrected chi connectivity index (χ4v) is 5.26. The van der Waals surface area contributed by atoms with E-state index in [1.807, 2.05) is 18.4 Å². The SMILES string of the molecule is Cc1csc(-c2cccc(S(=O)(=O)N3CCCC(CN)C3)c2)n1. The first-order valence-electron chi connectivity index (χ1n) is 7.73. The Bertz CT molecular complexity index is 786. The number of rotatable bonds is 4. The molecule has 0 radical (unpaired) electrons. The van der Waals surface area contributed by atoms with Gasteiger partial charge in [0.25, 0.3) is 0 Å². The molecule has 0 spiro atoms. The Balaban J connectivity index is 1.91. The number of thiazole rings is 1. The van der Waals surface area contributed by atoms with Crippen LogP contribution in [0.1, 0.15) is 18.5 Å². The van der Waals surface area contributed by atoms with Crippen LogP contribution in [0.4, 0.5) is 0 Å². The molecule has 7 heteroatoms. The van der Waals surface area contributed by atoms with Crippen LogP contribution in [0.2, 0.25) is 0 Å². The predicted molar refractivity (Wildman–Crippen MR) is 92.8 cm³/mol. The monoisotopic (exact) mass is 351 g/mol. The van der Waals surface area contributed by atoms with Gasteiger partial charge in [-0.05, 0) is 44.4 Å².